The molecule has 0 saturated carbocycles. The number of carbonyl (C=O) groups excluding carboxylic acids is 2. The molecule has 0 radical (unpaired) electrons. The zero-order valence-corrected chi connectivity index (χ0v) is 9.13. The summed E-state index contributed by atoms with van der Waals surface area (Å²) < 4.78 is 4.91. The minimum Gasteiger partial charge on any atom is -0.431 e. The SMILES string of the molecule is CCCCC=C(C)OC(=O)CC(C)=O. The molecular formula is C11H18O3. The second-order valence-electron chi connectivity index (χ2n) is 3.31. The van der Waals surface area contributed by atoms with Gasteiger partial charge in [0.2, 0.25) is 0 Å². The van der Waals surface area contributed by atoms with Crippen molar-refractivity contribution in [3.05, 3.63) is 11.8 Å². The van der Waals surface area contributed by atoms with Crippen LogP contribution in [0.4, 0.5) is 0 Å². The first kappa shape index (κ1) is 12.9. The van der Waals surface area contributed by atoms with Crippen LogP contribution in [0.25, 0.3) is 0 Å². The third kappa shape index (κ3) is 7.53. The van der Waals surface area contributed by atoms with Crippen molar-refractivity contribution in [2.75, 3.05) is 0 Å². The Morgan fingerprint density at radius 2 is 1.93 bits per heavy atom. The molecular weight excluding hydrogens is 180 g/mol. The summed E-state index contributed by atoms with van der Waals surface area (Å²) in [7, 11) is 0. The summed E-state index contributed by atoms with van der Waals surface area (Å²) in [6, 6.07) is 0. The number of Topliss-reactive ketones (excluding diaryl/α,β-unsaturated/α-hetero) is 1. The Labute approximate surface area is 85.1 Å². The first-order valence-corrected chi connectivity index (χ1v) is 4.93. The van der Waals surface area contributed by atoms with Crippen molar-refractivity contribution in [3.63, 3.8) is 0 Å². The average Bonchev–Trinajstić information content (AvgIpc) is 2.02. The topological polar surface area (TPSA) is 43.4 Å². The number of ether oxygens (including phenoxy) is 1. The molecule has 0 fully saturated rings. The molecule has 0 amide bonds. The van der Waals surface area contributed by atoms with Crippen molar-refractivity contribution < 1.29 is 14.3 Å². The number of hydrogen-bond acceptors (Lipinski definition) is 3. The van der Waals surface area contributed by atoms with E-state index in [-0.39, 0.29) is 12.2 Å². The summed E-state index contributed by atoms with van der Waals surface area (Å²) in [5, 5.41) is 0. The van der Waals surface area contributed by atoms with Gasteiger partial charge in [-0.25, -0.2) is 0 Å². The smallest absolute Gasteiger partial charge is 0.318 e. The highest BCUT2D eigenvalue weighted by Crippen LogP contribution is 2.03. The molecule has 0 unspecified atom stereocenters. The van der Waals surface area contributed by atoms with Crippen molar-refractivity contribution in [1.82, 2.24) is 0 Å². The van der Waals surface area contributed by atoms with E-state index in [1.54, 1.807) is 6.92 Å². The van der Waals surface area contributed by atoms with Gasteiger partial charge >= 0.3 is 5.97 Å². The van der Waals surface area contributed by atoms with Crippen molar-refractivity contribution >= 4 is 11.8 Å². The molecule has 0 atom stereocenters. The van der Waals surface area contributed by atoms with Gasteiger partial charge in [-0.1, -0.05) is 13.3 Å². The Balaban J connectivity index is 3.80. The molecule has 14 heavy (non-hydrogen) atoms. The number of carbonyl (C=O) groups is 2. The van der Waals surface area contributed by atoms with Gasteiger partial charge in [0.1, 0.15) is 18.0 Å². The molecule has 0 aromatic rings. The fourth-order valence-corrected chi connectivity index (χ4v) is 0.970. The van der Waals surface area contributed by atoms with E-state index in [1.165, 1.54) is 6.92 Å². The summed E-state index contributed by atoms with van der Waals surface area (Å²) in [4.78, 5) is 21.6. The minimum atomic E-state index is -0.470. The van der Waals surface area contributed by atoms with Gasteiger partial charge in [0.25, 0.3) is 0 Å². The monoisotopic (exact) mass is 198 g/mol. The fraction of sp³-hybridized carbons (Fsp3) is 0.636. The Hall–Kier alpha value is -1.12. The third-order valence-corrected chi connectivity index (χ3v) is 1.66. The van der Waals surface area contributed by atoms with Crippen molar-refractivity contribution in [2.45, 2.75) is 46.5 Å². The molecule has 0 aliphatic carbocycles. The van der Waals surface area contributed by atoms with Gasteiger partial charge in [0, 0.05) is 0 Å². The van der Waals surface area contributed by atoms with E-state index < -0.39 is 5.97 Å². The minimum absolute atomic E-state index is 0.140. The molecule has 0 aliphatic heterocycles. The summed E-state index contributed by atoms with van der Waals surface area (Å²) in [5.74, 6) is -0.0520. The van der Waals surface area contributed by atoms with E-state index in [4.69, 9.17) is 4.74 Å². The number of esters is 1. The molecule has 80 valence electrons. The van der Waals surface area contributed by atoms with Crippen LogP contribution in [0.15, 0.2) is 11.8 Å². The van der Waals surface area contributed by atoms with Crippen LogP contribution in [-0.2, 0) is 14.3 Å². The highest BCUT2D eigenvalue weighted by atomic mass is 16.5. The predicted molar refractivity (Wildman–Crippen MR) is 54.7 cm³/mol. The van der Waals surface area contributed by atoms with Gasteiger partial charge in [-0.3, -0.25) is 9.59 Å². The first-order chi connectivity index (χ1) is 6.56. The standard InChI is InChI=1S/C11H18O3/c1-4-5-6-7-10(3)14-11(13)8-9(2)12/h7H,4-6,8H2,1-3H3. The molecule has 3 nitrogen and oxygen atoms in total. The lowest BCUT2D eigenvalue weighted by molar-refractivity contribution is -0.141. The zero-order chi connectivity index (χ0) is 11.0. The van der Waals surface area contributed by atoms with E-state index in [0.717, 1.165) is 19.3 Å². The van der Waals surface area contributed by atoms with Crippen LogP contribution in [0.2, 0.25) is 0 Å². The first-order valence-electron chi connectivity index (χ1n) is 4.93. The summed E-state index contributed by atoms with van der Waals surface area (Å²) >= 11 is 0. The van der Waals surface area contributed by atoms with Gasteiger partial charge in [-0.15, -0.1) is 0 Å². The predicted octanol–water partition coefficient (Wildman–Crippen LogP) is 2.60. The van der Waals surface area contributed by atoms with Crippen LogP contribution < -0.4 is 0 Å². The van der Waals surface area contributed by atoms with E-state index in [2.05, 4.69) is 6.92 Å². The molecule has 0 N–H and O–H groups in total. The van der Waals surface area contributed by atoms with E-state index in [1.807, 2.05) is 6.08 Å². The van der Waals surface area contributed by atoms with Crippen LogP contribution in [0.3, 0.4) is 0 Å². The maximum atomic E-state index is 11.0. The lowest BCUT2D eigenvalue weighted by Crippen LogP contribution is -2.07. The lowest BCUT2D eigenvalue weighted by Gasteiger charge is -2.02. The Bertz CT molecular complexity index is 229. The molecule has 0 aromatic carbocycles. The van der Waals surface area contributed by atoms with Crippen LogP contribution in [0.1, 0.15) is 46.5 Å². The number of ketones is 1. The van der Waals surface area contributed by atoms with Gasteiger partial charge in [-0.2, -0.15) is 0 Å². The third-order valence-electron chi connectivity index (χ3n) is 1.66. The number of unbranched alkanes of at least 4 members (excludes halogenated alkanes) is 2. The average molecular weight is 198 g/mol. The van der Waals surface area contributed by atoms with Gasteiger partial charge in [-0.05, 0) is 32.8 Å². The van der Waals surface area contributed by atoms with E-state index in [0.29, 0.717) is 5.76 Å². The van der Waals surface area contributed by atoms with Crippen molar-refractivity contribution in [2.24, 2.45) is 0 Å². The molecule has 3 heteroatoms. The summed E-state index contributed by atoms with van der Waals surface area (Å²) in [6.45, 7) is 5.20. The summed E-state index contributed by atoms with van der Waals surface area (Å²) in [6.07, 6.45) is 4.85. The van der Waals surface area contributed by atoms with Gasteiger partial charge in [0.15, 0.2) is 0 Å². The maximum absolute atomic E-state index is 11.0. The number of hydrogen-bond donors (Lipinski definition) is 0. The molecule has 0 saturated heterocycles. The van der Waals surface area contributed by atoms with Crippen LogP contribution in [0.5, 0.6) is 0 Å². The van der Waals surface area contributed by atoms with Gasteiger partial charge in [0.05, 0.1) is 0 Å². The van der Waals surface area contributed by atoms with Gasteiger partial charge < -0.3 is 4.74 Å². The Morgan fingerprint density at radius 3 is 2.43 bits per heavy atom. The normalized spacial score (nSPS) is 11.2. The molecule has 0 aromatic heterocycles. The van der Waals surface area contributed by atoms with Crippen molar-refractivity contribution in [1.29, 1.82) is 0 Å². The molecule has 0 bridgehead atoms. The van der Waals surface area contributed by atoms with E-state index in [9.17, 15) is 9.59 Å². The Morgan fingerprint density at radius 1 is 1.29 bits per heavy atom. The summed E-state index contributed by atoms with van der Waals surface area (Å²) in [5.41, 5.74) is 0. The number of rotatable bonds is 6. The lowest BCUT2D eigenvalue weighted by atomic mass is 10.2. The maximum Gasteiger partial charge on any atom is 0.318 e. The molecule has 0 heterocycles. The molecule has 0 spiro atoms. The molecule has 0 rings (SSSR count). The Kier molecular flexibility index (Phi) is 6.72. The second kappa shape index (κ2) is 7.30. The zero-order valence-electron chi connectivity index (χ0n) is 9.13. The molecule has 0 aliphatic rings. The van der Waals surface area contributed by atoms with E-state index >= 15 is 0 Å². The highest BCUT2D eigenvalue weighted by molar-refractivity contribution is 5.94. The number of allylic oxidation sites excluding steroid dienone is 2. The van der Waals surface area contributed by atoms with Crippen LogP contribution in [-0.4, -0.2) is 11.8 Å². The van der Waals surface area contributed by atoms with Crippen molar-refractivity contribution in [3.8, 4) is 0 Å². The quantitative estimate of drug-likeness (QED) is 0.285. The van der Waals surface area contributed by atoms with Crippen LogP contribution in [0, 0.1) is 0 Å². The highest BCUT2D eigenvalue weighted by Gasteiger charge is 2.06. The van der Waals surface area contributed by atoms with Crippen LogP contribution >= 0.6 is 0 Å². The largest absolute Gasteiger partial charge is 0.431 e. The fourth-order valence-electron chi connectivity index (χ4n) is 0.970. The second-order valence-corrected chi connectivity index (χ2v) is 3.31.